The highest BCUT2D eigenvalue weighted by Gasteiger charge is 2.36. The first-order chi connectivity index (χ1) is 9.47. The summed E-state index contributed by atoms with van der Waals surface area (Å²) in [5, 5.41) is 0. The van der Waals surface area contributed by atoms with Gasteiger partial charge in [0.05, 0.1) is 0 Å². The number of carbonyl (C=O) groups excluding carboxylic acids is 1. The van der Waals surface area contributed by atoms with Crippen LogP contribution in [-0.2, 0) is 9.47 Å². The average Bonchev–Trinajstić information content (AvgIpc) is 2.86. The molecule has 1 aliphatic rings. The summed E-state index contributed by atoms with van der Waals surface area (Å²) in [4.78, 5) is 14.0. The van der Waals surface area contributed by atoms with Crippen molar-refractivity contribution in [1.29, 1.82) is 0 Å². The van der Waals surface area contributed by atoms with Crippen LogP contribution in [0.4, 0.5) is 10.1 Å². The van der Waals surface area contributed by atoms with Crippen LogP contribution in [0.15, 0.2) is 12.1 Å². The Morgan fingerprint density at radius 3 is 2.30 bits per heavy atom. The fourth-order valence-electron chi connectivity index (χ4n) is 2.37. The molecule has 1 amide bonds. The van der Waals surface area contributed by atoms with Crippen LogP contribution in [-0.4, -0.2) is 50.3 Å². The number of ether oxygens (including phenoxy) is 2. The summed E-state index contributed by atoms with van der Waals surface area (Å²) in [6.07, 6.45) is -0.340. The van der Waals surface area contributed by atoms with Gasteiger partial charge in [-0.05, 0) is 19.1 Å². The second kappa shape index (κ2) is 5.76. The van der Waals surface area contributed by atoms with E-state index in [-0.39, 0.29) is 29.4 Å². The summed E-state index contributed by atoms with van der Waals surface area (Å²) in [5.74, 6) is -0.740. The van der Waals surface area contributed by atoms with Crippen LogP contribution in [0.3, 0.4) is 0 Å². The second-order valence-electron chi connectivity index (χ2n) is 4.93. The molecule has 0 aromatic heterocycles. The first-order valence-electron chi connectivity index (χ1n) is 6.38. The molecule has 1 saturated heterocycles. The van der Waals surface area contributed by atoms with Crippen LogP contribution in [0.25, 0.3) is 0 Å². The molecule has 2 unspecified atom stereocenters. The lowest BCUT2D eigenvalue weighted by Gasteiger charge is -2.16. The highest BCUT2D eigenvalue weighted by molar-refractivity contribution is 5.95. The van der Waals surface area contributed by atoms with Crippen molar-refractivity contribution in [3.63, 3.8) is 0 Å². The maximum absolute atomic E-state index is 13.7. The molecule has 0 radical (unpaired) electrons. The van der Waals surface area contributed by atoms with Crippen LogP contribution in [0.1, 0.15) is 15.9 Å². The molecule has 0 saturated carbocycles. The number of rotatable bonds is 3. The second-order valence-corrected chi connectivity index (χ2v) is 4.93. The van der Waals surface area contributed by atoms with E-state index in [2.05, 4.69) is 0 Å². The van der Waals surface area contributed by atoms with Crippen LogP contribution in [0.5, 0.6) is 0 Å². The van der Waals surface area contributed by atoms with E-state index in [4.69, 9.17) is 15.2 Å². The number of carbonyl (C=O) groups is 1. The highest BCUT2D eigenvalue weighted by atomic mass is 19.1. The highest BCUT2D eigenvalue weighted by Crippen LogP contribution is 2.22. The summed E-state index contributed by atoms with van der Waals surface area (Å²) >= 11 is 0. The van der Waals surface area contributed by atoms with Gasteiger partial charge in [-0.3, -0.25) is 4.79 Å². The Morgan fingerprint density at radius 1 is 1.30 bits per heavy atom. The molecule has 0 spiro atoms. The minimum Gasteiger partial charge on any atom is -0.398 e. The normalized spacial score (nSPS) is 22.3. The lowest BCUT2D eigenvalue weighted by molar-refractivity contribution is -0.00461. The van der Waals surface area contributed by atoms with E-state index in [9.17, 15) is 9.18 Å². The molecular formula is C14H19FN2O3. The number of hydrogen-bond acceptors (Lipinski definition) is 4. The van der Waals surface area contributed by atoms with Gasteiger partial charge in [0.25, 0.3) is 5.91 Å². The van der Waals surface area contributed by atoms with E-state index in [0.29, 0.717) is 18.7 Å². The summed E-state index contributed by atoms with van der Waals surface area (Å²) < 4.78 is 24.2. The molecule has 5 nitrogen and oxygen atoms in total. The van der Waals surface area contributed by atoms with E-state index in [1.807, 2.05) is 0 Å². The van der Waals surface area contributed by atoms with Crippen molar-refractivity contribution in [1.82, 2.24) is 4.90 Å². The number of hydrogen-bond donors (Lipinski definition) is 1. The van der Waals surface area contributed by atoms with E-state index >= 15 is 0 Å². The molecule has 2 N–H and O–H groups in total. The molecule has 110 valence electrons. The van der Waals surface area contributed by atoms with E-state index in [1.54, 1.807) is 26.0 Å². The Hall–Kier alpha value is -1.66. The Labute approximate surface area is 117 Å². The van der Waals surface area contributed by atoms with Crippen molar-refractivity contribution in [3.8, 4) is 0 Å². The molecule has 1 aromatic rings. The Kier molecular flexibility index (Phi) is 4.25. The number of likely N-dealkylation sites (tertiary alicyclic amines) is 1. The van der Waals surface area contributed by atoms with Gasteiger partial charge in [-0.1, -0.05) is 0 Å². The van der Waals surface area contributed by atoms with Crippen LogP contribution >= 0.6 is 0 Å². The fraction of sp³-hybridized carbons (Fsp3) is 0.500. The van der Waals surface area contributed by atoms with Gasteiger partial charge < -0.3 is 20.1 Å². The molecule has 20 heavy (non-hydrogen) atoms. The molecule has 2 rings (SSSR count). The largest absolute Gasteiger partial charge is 0.398 e. The third kappa shape index (κ3) is 2.62. The zero-order chi connectivity index (χ0) is 14.9. The zero-order valence-electron chi connectivity index (χ0n) is 11.9. The molecule has 1 aromatic carbocycles. The molecule has 2 atom stereocenters. The predicted molar refractivity (Wildman–Crippen MR) is 73.0 cm³/mol. The number of methoxy groups -OCH3 is 2. The topological polar surface area (TPSA) is 64.8 Å². The smallest absolute Gasteiger partial charge is 0.254 e. The van der Waals surface area contributed by atoms with Crippen molar-refractivity contribution < 1.29 is 18.7 Å². The number of nitrogen functional groups attached to an aromatic ring is 1. The number of benzene rings is 1. The minimum atomic E-state index is -0.473. The first-order valence-corrected chi connectivity index (χ1v) is 6.38. The molecular weight excluding hydrogens is 263 g/mol. The Morgan fingerprint density at radius 2 is 1.85 bits per heavy atom. The standard InChI is InChI=1S/C14H19FN2O3/c1-8-10(15)4-9(5-11(8)16)14(18)17-6-12(19-2)13(7-17)20-3/h4-5,12-13H,6-7,16H2,1-3H3. The predicted octanol–water partition coefficient (Wildman–Crippen LogP) is 1.20. The summed E-state index contributed by atoms with van der Waals surface area (Å²) in [7, 11) is 3.16. The third-order valence-electron chi connectivity index (χ3n) is 3.74. The molecule has 0 bridgehead atoms. The molecule has 1 fully saturated rings. The van der Waals surface area contributed by atoms with Gasteiger partial charge in [-0.2, -0.15) is 0 Å². The van der Waals surface area contributed by atoms with Gasteiger partial charge in [-0.25, -0.2) is 4.39 Å². The number of halogens is 1. The van der Waals surface area contributed by atoms with Crippen LogP contribution < -0.4 is 5.73 Å². The van der Waals surface area contributed by atoms with Gasteiger partial charge in [0.15, 0.2) is 0 Å². The maximum Gasteiger partial charge on any atom is 0.254 e. The van der Waals surface area contributed by atoms with Crippen molar-refractivity contribution in [3.05, 3.63) is 29.1 Å². The third-order valence-corrected chi connectivity index (χ3v) is 3.74. The van der Waals surface area contributed by atoms with Crippen LogP contribution in [0, 0.1) is 12.7 Å². The summed E-state index contributed by atoms with van der Waals surface area (Å²) in [5.41, 5.74) is 6.58. The molecule has 6 heteroatoms. The summed E-state index contributed by atoms with van der Waals surface area (Å²) in [6.45, 7) is 2.42. The number of amides is 1. The Bertz CT molecular complexity index is 486. The fourth-order valence-corrected chi connectivity index (χ4v) is 2.37. The van der Waals surface area contributed by atoms with Crippen molar-refractivity contribution in [2.45, 2.75) is 19.1 Å². The lowest BCUT2D eigenvalue weighted by atomic mass is 10.1. The monoisotopic (exact) mass is 282 g/mol. The van der Waals surface area contributed by atoms with Crippen LogP contribution in [0.2, 0.25) is 0 Å². The SMILES string of the molecule is COC1CN(C(=O)c2cc(N)c(C)c(F)c2)CC1OC. The van der Waals surface area contributed by atoms with E-state index in [0.717, 1.165) is 0 Å². The number of nitrogens with zero attached hydrogens (tertiary/aromatic N) is 1. The lowest BCUT2D eigenvalue weighted by Crippen LogP contribution is -2.30. The first kappa shape index (κ1) is 14.7. The molecule has 1 heterocycles. The molecule has 0 aliphatic carbocycles. The summed E-state index contributed by atoms with van der Waals surface area (Å²) in [6, 6.07) is 2.72. The van der Waals surface area contributed by atoms with Crippen molar-refractivity contribution in [2.75, 3.05) is 33.0 Å². The van der Waals surface area contributed by atoms with Gasteiger partial charge in [-0.15, -0.1) is 0 Å². The minimum absolute atomic E-state index is 0.170. The van der Waals surface area contributed by atoms with Gasteiger partial charge in [0.2, 0.25) is 0 Å². The molecule has 1 aliphatic heterocycles. The zero-order valence-corrected chi connectivity index (χ0v) is 11.9. The van der Waals surface area contributed by atoms with Crippen molar-refractivity contribution >= 4 is 11.6 Å². The Balaban J connectivity index is 2.20. The number of nitrogens with two attached hydrogens (primary N) is 1. The van der Waals surface area contributed by atoms with Gasteiger partial charge >= 0.3 is 0 Å². The van der Waals surface area contributed by atoms with Gasteiger partial charge in [0, 0.05) is 44.1 Å². The van der Waals surface area contributed by atoms with Crippen molar-refractivity contribution in [2.24, 2.45) is 0 Å². The maximum atomic E-state index is 13.7. The van der Waals surface area contributed by atoms with E-state index in [1.165, 1.54) is 12.1 Å². The quantitative estimate of drug-likeness (QED) is 0.846. The van der Waals surface area contributed by atoms with E-state index < -0.39 is 5.82 Å². The average molecular weight is 282 g/mol. The van der Waals surface area contributed by atoms with Gasteiger partial charge in [0.1, 0.15) is 18.0 Å². The number of anilines is 1.